The Morgan fingerprint density at radius 2 is 1.59 bits per heavy atom. The molecule has 0 saturated heterocycles. The first kappa shape index (κ1) is 14.5. The third-order valence-corrected chi connectivity index (χ3v) is 3.90. The van der Waals surface area contributed by atoms with Crippen molar-refractivity contribution in [2.45, 2.75) is 33.1 Å². The number of rotatable bonds is 2. The second-order valence-corrected chi connectivity index (χ2v) is 6.66. The van der Waals surface area contributed by atoms with Crippen LogP contribution in [0.4, 0.5) is 0 Å². The van der Waals surface area contributed by atoms with Gasteiger partial charge >= 0.3 is 0 Å². The smallest absolute Gasteiger partial charge is 0.113 e. The van der Waals surface area contributed by atoms with Gasteiger partial charge in [0.05, 0.1) is 11.9 Å². The van der Waals surface area contributed by atoms with Crippen molar-refractivity contribution < 1.29 is 0 Å². The highest BCUT2D eigenvalue weighted by atomic mass is 15.4. The Labute approximate surface area is 131 Å². The third kappa shape index (κ3) is 2.80. The van der Waals surface area contributed by atoms with Crippen molar-refractivity contribution in [1.82, 2.24) is 15.0 Å². The molecule has 0 aliphatic carbocycles. The van der Waals surface area contributed by atoms with Crippen LogP contribution in [0.1, 0.15) is 31.9 Å². The molecule has 0 saturated carbocycles. The Kier molecular flexibility index (Phi) is 3.57. The summed E-state index contributed by atoms with van der Waals surface area (Å²) in [6, 6.07) is 16.7. The molecule has 3 nitrogen and oxygen atoms in total. The standard InChI is InChI=1S/C19H21N3/c1-14-7-5-6-8-18(14)22-13-17(20-21-22)15-9-11-16(12-10-15)19(2,3)4/h5-13H,1-4H3. The van der Waals surface area contributed by atoms with Crippen LogP contribution in [0, 0.1) is 6.92 Å². The van der Waals surface area contributed by atoms with E-state index in [1.165, 1.54) is 11.1 Å². The lowest BCUT2D eigenvalue weighted by molar-refractivity contribution is 0.590. The minimum atomic E-state index is 0.164. The number of nitrogens with zero attached hydrogens (tertiary/aromatic N) is 3. The van der Waals surface area contributed by atoms with E-state index in [9.17, 15) is 0 Å². The van der Waals surface area contributed by atoms with E-state index in [1.54, 1.807) is 0 Å². The van der Waals surface area contributed by atoms with Gasteiger partial charge in [-0.05, 0) is 29.5 Å². The topological polar surface area (TPSA) is 30.7 Å². The van der Waals surface area contributed by atoms with E-state index >= 15 is 0 Å². The van der Waals surface area contributed by atoms with Gasteiger partial charge in [0.15, 0.2) is 0 Å². The van der Waals surface area contributed by atoms with Crippen molar-refractivity contribution in [2.75, 3.05) is 0 Å². The quantitative estimate of drug-likeness (QED) is 0.694. The third-order valence-electron chi connectivity index (χ3n) is 3.90. The number of para-hydroxylation sites is 1. The molecule has 0 aliphatic rings. The first-order valence-corrected chi connectivity index (χ1v) is 7.54. The fourth-order valence-electron chi connectivity index (χ4n) is 2.48. The molecule has 1 aromatic heterocycles. The van der Waals surface area contributed by atoms with Crippen LogP contribution < -0.4 is 0 Å². The molecular formula is C19H21N3. The molecule has 3 heteroatoms. The highest BCUT2D eigenvalue weighted by Crippen LogP contribution is 2.25. The zero-order chi connectivity index (χ0) is 15.7. The fraction of sp³-hybridized carbons (Fsp3) is 0.263. The van der Waals surface area contributed by atoms with E-state index in [0.29, 0.717) is 0 Å². The molecule has 0 aliphatic heterocycles. The van der Waals surface area contributed by atoms with Gasteiger partial charge in [0.25, 0.3) is 0 Å². The maximum atomic E-state index is 4.31. The summed E-state index contributed by atoms with van der Waals surface area (Å²) in [5, 5.41) is 8.57. The molecule has 3 rings (SSSR count). The predicted molar refractivity (Wildman–Crippen MR) is 90.2 cm³/mol. The van der Waals surface area contributed by atoms with Gasteiger partial charge in [-0.2, -0.15) is 0 Å². The maximum Gasteiger partial charge on any atom is 0.113 e. The number of hydrogen-bond acceptors (Lipinski definition) is 2. The average molecular weight is 291 g/mol. The van der Waals surface area contributed by atoms with E-state index in [1.807, 2.05) is 23.0 Å². The summed E-state index contributed by atoms with van der Waals surface area (Å²) in [6.45, 7) is 8.73. The van der Waals surface area contributed by atoms with Crippen molar-refractivity contribution >= 4 is 0 Å². The molecule has 0 bridgehead atoms. The van der Waals surface area contributed by atoms with Crippen LogP contribution in [0.25, 0.3) is 16.9 Å². The van der Waals surface area contributed by atoms with Gasteiger partial charge in [-0.3, -0.25) is 0 Å². The minimum absolute atomic E-state index is 0.164. The highest BCUT2D eigenvalue weighted by molar-refractivity contribution is 5.59. The largest absolute Gasteiger partial charge is 0.220 e. The number of benzene rings is 2. The summed E-state index contributed by atoms with van der Waals surface area (Å²) in [6.07, 6.45) is 1.98. The van der Waals surface area contributed by atoms with Gasteiger partial charge in [0.2, 0.25) is 0 Å². The van der Waals surface area contributed by atoms with Gasteiger partial charge in [-0.25, -0.2) is 4.68 Å². The van der Waals surface area contributed by atoms with Crippen molar-refractivity contribution in [3.8, 4) is 16.9 Å². The lowest BCUT2D eigenvalue weighted by Crippen LogP contribution is -2.10. The predicted octanol–water partition coefficient (Wildman–Crippen LogP) is 4.54. The average Bonchev–Trinajstić information content (AvgIpc) is 2.96. The Balaban J connectivity index is 1.93. The molecule has 0 N–H and O–H groups in total. The van der Waals surface area contributed by atoms with Crippen LogP contribution in [0.3, 0.4) is 0 Å². The van der Waals surface area contributed by atoms with E-state index < -0.39 is 0 Å². The monoisotopic (exact) mass is 291 g/mol. The number of hydrogen-bond donors (Lipinski definition) is 0. The summed E-state index contributed by atoms with van der Waals surface area (Å²) in [5.41, 5.74) is 5.71. The molecule has 0 amide bonds. The Morgan fingerprint density at radius 3 is 2.23 bits per heavy atom. The SMILES string of the molecule is Cc1ccccc1-n1cc(-c2ccc(C(C)(C)C)cc2)nn1. The van der Waals surface area contributed by atoms with Crippen LogP contribution in [-0.2, 0) is 5.41 Å². The lowest BCUT2D eigenvalue weighted by atomic mass is 9.86. The van der Waals surface area contributed by atoms with Gasteiger partial charge in [-0.15, -0.1) is 5.10 Å². The molecule has 112 valence electrons. The number of aromatic nitrogens is 3. The van der Waals surface area contributed by atoms with Gasteiger partial charge in [0.1, 0.15) is 5.69 Å². The normalized spacial score (nSPS) is 11.6. The first-order valence-electron chi connectivity index (χ1n) is 7.54. The molecule has 0 atom stereocenters. The van der Waals surface area contributed by atoms with Crippen LogP contribution in [-0.4, -0.2) is 15.0 Å². The van der Waals surface area contributed by atoms with Crippen molar-refractivity contribution in [3.63, 3.8) is 0 Å². The Bertz CT molecular complexity index is 777. The van der Waals surface area contributed by atoms with E-state index in [0.717, 1.165) is 16.9 Å². The summed E-state index contributed by atoms with van der Waals surface area (Å²) in [4.78, 5) is 0. The van der Waals surface area contributed by atoms with Crippen molar-refractivity contribution in [3.05, 3.63) is 65.9 Å². The van der Waals surface area contributed by atoms with E-state index in [-0.39, 0.29) is 5.41 Å². The second kappa shape index (κ2) is 5.41. The second-order valence-electron chi connectivity index (χ2n) is 6.66. The Morgan fingerprint density at radius 1 is 0.909 bits per heavy atom. The van der Waals surface area contributed by atoms with Crippen LogP contribution in [0.2, 0.25) is 0 Å². The van der Waals surface area contributed by atoms with Gasteiger partial charge in [-0.1, -0.05) is 68.4 Å². The highest BCUT2D eigenvalue weighted by Gasteiger charge is 2.14. The zero-order valence-corrected chi connectivity index (χ0v) is 13.5. The lowest BCUT2D eigenvalue weighted by Gasteiger charge is -2.18. The van der Waals surface area contributed by atoms with Gasteiger partial charge in [0, 0.05) is 5.56 Å². The molecule has 0 unspecified atom stereocenters. The van der Waals surface area contributed by atoms with Crippen molar-refractivity contribution in [2.24, 2.45) is 0 Å². The molecule has 1 heterocycles. The molecule has 3 aromatic rings. The molecular weight excluding hydrogens is 270 g/mol. The zero-order valence-electron chi connectivity index (χ0n) is 13.5. The van der Waals surface area contributed by atoms with Crippen LogP contribution in [0.5, 0.6) is 0 Å². The minimum Gasteiger partial charge on any atom is -0.220 e. The van der Waals surface area contributed by atoms with E-state index in [2.05, 4.69) is 74.4 Å². The van der Waals surface area contributed by atoms with E-state index in [4.69, 9.17) is 0 Å². The molecule has 22 heavy (non-hydrogen) atoms. The van der Waals surface area contributed by atoms with Gasteiger partial charge < -0.3 is 0 Å². The molecule has 2 aromatic carbocycles. The molecule has 0 spiro atoms. The molecule has 0 radical (unpaired) electrons. The van der Waals surface area contributed by atoms with Crippen LogP contribution in [0.15, 0.2) is 54.7 Å². The summed E-state index contributed by atoms with van der Waals surface area (Å²) < 4.78 is 1.84. The first-order chi connectivity index (χ1) is 10.4. The summed E-state index contributed by atoms with van der Waals surface area (Å²) in [7, 11) is 0. The number of aryl methyl sites for hydroxylation is 1. The summed E-state index contributed by atoms with van der Waals surface area (Å²) >= 11 is 0. The maximum absolute atomic E-state index is 4.31. The fourth-order valence-corrected chi connectivity index (χ4v) is 2.48. The summed E-state index contributed by atoms with van der Waals surface area (Å²) in [5.74, 6) is 0. The Hall–Kier alpha value is -2.42. The molecule has 0 fully saturated rings. The van der Waals surface area contributed by atoms with Crippen LogP contribution >= 0.6 is 0 Å². The van der Waals surface area contributed by atoms with Crippen molar-refractivity contribution in [1.29, 1.82) is 0 Å².